The minimum atomic E-state index is -0.554. The van der Waals surface area contributed by atoms with Gasteiger partial charge in [-0.25, -0.2) is 0 Å². The van der Waals surface area contributed by atoms with Gasteiger partial charge in [-0.2, -0.15) is 0 Å². The van der Waals surface area contributed by atoms with E-state index in [1.165, 1.54) is 11.3 Å². The van der Waals surface area contributed by atoms with Gasteiger partial charge in [-0.1, -0.05) is 19.9 Å². The van der Waals surface area contributed by atoms with Crippen molar-refractivity contribution in [3.05, 3.63) is 45.4 Å². The molecule has 0 unspecified atom stereocenters. The van der Waals surface area contributed by atoms with Crippen molar-refractivity contribution < 1.29 is 23.9 Å². The van der Waals surface area contributed by atoms with E-state index in [2.05, 4.69) is 23.7 Å². The lowest BCUT2D eigenvalue weighted by molar-refractivity contribution is -0.142. The third kappa shape index (κ3) is 7.75. The first-order chi connectivity index (χ1) is 15.2. The first kappa shape index (κ1) is 25.5. The van der Waals surface area contributed by atoms with Crippen molar-refractivity contribution in [3.63, 3.8) is 0 Å². The highest BCUT2D eigenvalue weighted by Gasteiger charge is 2.17. The number of rotatable bonds is 13. The molecule has 2 aromatic rings. The number of hydrogen-bond acceptors (Lipinski definition) is 6. The number of hydrogen-bond donors (Lipinski definition) is 1. The summed E-state index contributed by atoms with van der Waals surface area (Å²) in [5.74, 6) is -0.595. The van der Waals surface area contributed by atoms with Crippen LogP contribution in [0.25, 0.3) is 0 Å². The Hall–Kier alpha value is -2.74. The van der Waals surface area contributed by atoms with Crippen LogP contribution in [-0.2, 0) is 20.9 Å². The summed E-state index contributed by atoms with van der Waals surface area (Å²) in [5.41, 5.74) is 2.47. The number of aromatic nitrogens is 1. The smallest absolute Gasteiger partial charge is 0.308 e. The highest BCUT2D eigenvalue weighted by atomic mass is 32.1. The van der Waals surface area contributed by atoms with Crippen LogP contribution in [0.4, 0.5) is 0 Å². The molecule has 0 aliphatic carbocycles. The molecule has 1 N–H and O–H groups in total. The van der Waals surface area contributed by atoms with Crippen molar-refractivity contribution in [2.45, 2.75) is 59.9 Å². The van der Waals surface area contributed by atoms with Gasteiger partial charge >= 0.3 is 5.97 Å². The standard InChI is InChI=1S/C24H32N2O5S/c1-16(2)10-12-26-17(3)14-19(18(26)4)21(28)15-31-24(30)9-11-25-23(29)8-7-20(27)22-6-5-13-32-22/h5-6,13-14,16H,7-12,15H2,1-4H3,(H,25,29). The zero-order valence-electron chi connectivity index (χ0n) is 19.2. The van der Waals surface area contributed by atoms with Gasteiger partial charge in [0.05, 0.1) is 11.3 Å². The molecule has 0 spiro atoms. The van der Waals surface area contributed by atoms with E-state index in [1.54, 1.807) is 12.1 Å². The lowest BCUT2D eigenvalue weighted by Gasteiger charge is -2.11. The van der Waals surface area contributed by atoms with Crippen LogP contribution in [0, 0.1) is 19.8 Å². The first-order valence-electron chi connectivity index (χ1n) is 10.9. The Kier molecular flexibility index (Phi) is 9.84. The third-order valence-electron chi connectivity index (χ3n) is 5.19. The van der Waals surface area contributed by atoms with E-state index in [-0.39, 0.29) is 49.9 Å². The summed E-state index contributed by atoms with van der Waals surface area (Å²) in [6.45, 7) is 8.81. The fourth-order valence-corrected chi connectivity index (χ4v) is 3.98. The van der Waals surface area contributed by atoms with Gasteiger partial charge in [0, 0.05) is 42.9 Å². The molecule has 0 bridgehead atoms. The normalized spacial score (nSPS) is 10.9. The van der Waals surface area contributed by atoms with Gasteiger partial charge < -0.3 is 14.6 Å². The number of ether oxygens (including phenoxy) is 1. The molecule has 32 heavy (non-hydrogen) atoms. The van der Waals surface area contributed by atoms with E-state index < -0.39 is 5.97 Å². The average molecular weight is 461 g/mol. The zero-order valence-corrected chi connectivity index (χ0v) is 20.0. The summed E-state index contributed by atoms with van der Waals surface area (Å²) in [4.78, 5) is 48.8. The van der Waals surface area contributed by atoms with Crippen LogP contribution < -0.4 is 5.32 Å². The Balaban J connectivity index is 1.69. The molecule has 0 aliphatic heterocycles. The molecule has 7 nitrogen and oxygen atoms in total. The molecule has 2 aromatic heterocycles. The summed E-state index contributed by atoms with van der Waals surface area (Å²) in [6.07, 6.45) is 1.18. The second kappa shape index (κ2) is 12.3. The number of carbonyl (C=O) groups excluding carboxylic acids is 4. The van der Waals surface area contributed by atoms with Crippen LogP contribution in [0.15, 0.2) is 23.6 Å². The van der Waals surface area contributed by atoms with E-state index in [9.17, 15) is 19.2 Å². The largest absolute Gasteiger partial charge is 0.457 e. The molecule has 0 saturated heterocycles. The van der Waals surface area contributed by atoms with Crippen LogP contribution in [0.2, 0.25) is 0 Å². The average Bonchev–Trinajstić information content (AvgIpc) is 3.37. The van der Waals surface area contributed by atoms with Crippen LogP contribution >= 0.6 is 11.3 Å². The van der Waals surface area contributed by atoms with Crippen LogP contribution in [0.5, 0.6) is 0 Å². The third-order valence-corrected chi connectivity index (χ3v) is 6.11. The van der Waals surface area contributed by atoms with E-state index in [0.29, 0.717) is 16.4 Å². The van der Waals surface area contributed by atoms with E-state index in [0.717, 1.165) is 24.4 Å². The molecule has 0 aromatic carbocycles. The number of thiophene rings is 1. The maximum absolute atomic E-state index is 12.5. The van der Waals surface area contributed by atoms with Crippen molar-refractivity contribution >= 4 is 34.8 Å². The Labute approximate surface area is 193 Å². The molecule has 0 aliphatic rings. The Morgan fingerprint density at radius 2 is 1.84 bits per heavy atom. The number of esters is 1. The zero-order chi connectivity index (χ0) is 23.7. The van der Waals surface area contributed by atoms with E-state index in [1.807, 2.05) is 25.3 Å². The maximum Gasteiger partial charge on any atom is 0.308 e. The molecule has 2 heterocycles. The monoisotopic (exact) mass is 460 g/mol. The molecule has 0 fully saturated rings. The minimum Gasteiger partial charge on any atom is -0.457 e. The molecule has 0 saturated carbocycles. The van der Waals surface area contributed by atoms with Gasteiger partial charge in [0.15, 0.2) is 12.4 Å². The molecule has 2 rings (SSSR count). The number of Topliss-reactive ketones (excluding diaryl/α,β-unsaturated/α-hetero) is 2. The number of nitrogens with one attached hydrogen (secondary N) is 1. The first-order valence-corrected chi connectivity index (χ1v) is 11.8. The molecule has 1 amide bonds. The fourth-order valence-electron chi connectivity index (χ4n) is 3.29. The van der Waals surface area contributed by atoms with Crippen molar-refractivity contribution in [1.29, 1.82) is 0 Å². The van der Waals surface area contributed by atoms with Gasteiger partial charge in [0.25, 0.3) is 0 Å². The van der Waals surface area contributed by atoms with Crippen LogP contribution in [-0.4, -0.2) is 41.2 Å². The van der Waals surface area contributed by atoms with Gasteiger partial charge in [-0.05, 0) is 43.7 Å². The molecule has 0 radical (unpaired) electrons. The lowest BCUT2D eigenvalue weighted by Crippen LogP contribution is -2.27. The number of nitrogens with zero attached hydrogens (tertiary/aromatic N) is 1. The summed E-state index contributed by atoms with van der Waals surface area (Å²) >= 11 is 1.35. The van der Waals surface area contributed by atoms with Crippen molar-refractivity contribution in [1.82, 2.24) is 9.88 Å². The van der Waals surface area contributed by atoms with Gasteiger partial charge in [0.1, 0.15) is 0 Å². The number of carbonyl (C=O) groups is 4. The van der Waals surface area contributed by atoms with Crippen molar-refractivity contribution in [2.24, 2.45) is 5.92 Å². The highest BCUT2D eigenvalue weighted by molar-refractivity contribution is 7.12. The summed E-state index contributed by atoms with van der Waals surface area (Å²) in [7, 11) is 0. The van der Waals surface area contributed by atoms with Gasteiger partial charge in [-0.15, -0.1) is 11.3 Å². The quantitative estimate of drug-likeness (QED) is 0.359. The van der Waals surface area contributed by atoms with Crippen LogP contribution in [0.3, 0.4) is 0 Å². The van der Waals surface area contributed by atoms with Crippen molar-refractivity contribution in [2.75, 3.05) is 13.2 Å². The van der Waals surface area contributed by atoms with E-state index in [4.69, 9.17) is 4.74 Å². The number of amides is 1. The Morgan fingerprint density at radius 3 is 2.50 bits per heavy atom. The fraction of sp³-hybridized carbons (Fsp3) is 0.500. The Morgan fingerprint density at radius 1 is 1.09 bits per heavy atom. The summed E-state index contributed by atoms with van der Waals surface area (Å²) in [5, 5.41) is 4.41. The van der Waals surface area contributed by atoms with Crippen molar-refractivity contribution in [3.8, 4) is 0 Å². The molecular weight excluding hydrogens is 428 g/mol. The predicted molar refractivity (Wildman–Crippen MR) is 124 cm³/mol. The second-order valence-electron chi connectivity index (χ2n) is 8.20. The molecular formula is C24H32N2O5S. The highest BCUT2D eigenvalue weighted by Crippen LogP contribution is 2.18. The lowest BCUT2D eigenvalue weighted by atomic mass is 10.1. The second-order valence-corrected chi connectivity index (χ2v) is 9.15. The molecule has 8 heteroatoms. The maximum atomic E-state index is 12.5. The van der Waals surface area contributed by atoms with E-state index >= 15 is 0 Å². The summed E-state index contributed by atoms with van der Waals surface area (Å²) in [6, 6.07) is 5.36. The number of aryl methyl sites for hydroxylation is 1. The summed E-state index contributed by atoms with van der Waals surface area (Å²) < 4.78 is 7.21. The molecule has 174 valence electrons. The van der Waals surface area contributed by atoms with Gasteiger partial charge in [0.2, 0.25) is 11.7 Å². The van der Waals surface area contributed by atoms with Gasteiger partial charge in [-0.3, -0.25) is 19.2 Å². The molecule has 0 atom stereocenters. The minimum absolute atomic E-state index is 0.0364. The SMILES string of the molecule is Cc1cc(C(=O)COC(=O)CCNC(=O)CCC(=O)c2cccs2)c(C)n1CCC(C)C. The predicted octanol–water partition coefficient (Wildman–Crippen LogP) is 4.11. The number of ketones is 2. The Bertz CT molecular complexity index is 944. The van der Waals surface area contributed by atoms with Crippen LogP contribution in [0.1, 0.15) is 70.9 Å². The topological polar surface area (TPSA) is 94.5 Å².